The third-order valence-electron chi connectivity index (χ3n) is 4.27. The molecular formula is C16H13F3N6. The average Bonchev–Trinajstić information content (AvgIpc) is 3.15. The number of aromatic nitrogens is 5. The van der Waals surface area contributed by atoms with Gasteiger partial charge in [0.25, 0.3) is 0 Å². The Kier molecular flexibility index (Phi) is 3.21. The lowest BCUT2D eigenvalue weighted by Gasteiger charge is -2.14. The Morgan fingerprint density at radius 2 is 2.08 bits per heavy atom. The lowest BCUT2D eigenvalue weighted by Crippen LogP contribution is -2.17. The van der Waals surface area contributed by atoms with E-state index in [1.807, 2.05) is 0 Å². The van der Waals surface area contributed by atoms with E-state index in [2.05, 4.69) is 20.1 Å². The van der Waals surface area contributed by atoms with E-state index in [-0.39, 0.29) is 11.5 Å². The molecule has 0 amide bonds. The molecule has 1 unspecified atom stereocenters. The van der Waals surface area contributed by atoms with Gasteiger partial charge in [0.1, 0.15) is 5.65 Å². The van der Waals surface area contributed by atoms with Gasteiger partial charge in [0.2, 0.25) is 5.95 Å². The molecule has 0 aromatic carbocycles. The maximum Gasteiger partial charge on any atom is 0.395 e. The number of anilines is 1. The molecule has 0 radical (unpaired) electrons. The number of hydrogen-bond acceptors (Lipinski definition) is 4. The molecule has 128 valence electrons. The molecule has 6 nitrogen and oxygen atoms in total. The van der Waals surface area contributed by atoms with E-state index in [4.69, 9.17) is 5.73 Å². The van der Waals surface area contributed by atoms with Gasteiger partial charge < -0.3 is 10.7 Å². The van der Waals surface area contributed by atoms with Crippen LogP contribution in [0.25, 0.3) is 27.7 Å². The lowest BCUT2D eigenvalue weighted by atomic mass is 10.0. The highest BCUT2D eigenvalue weighted by Gasteiger charge is 2.38. The van der Waals surface area contributed by atoms with Crippen LogP contribution in [0, 0.1) is 0 Å². The molecule has 0 saturated heterocycles. The Hall–Kier alpha value is -3.10. The van der Waals surface area contributed by atoms with Crippen molar-refractivity contribution in [3.05, 3.63) is 42.5 Å². The number of H-pyrrole nitrogens is 1. The molecule has 4 heterocycles. The van der Waals surface area contributed by atoms with Crippen LogP contribution in [0.3, 0.4) is 0 Å². The van der Waals surface area contributed by atoms with Gasteiger partial charge in [-0.2, -0.15) is 23.3 Å². The molecule has 0 fully saturated rings. The monoisotopic (exact) mass is 346 g/mol. The van der Waals surface area contributed by atoms with Gasteiger partial charge in [-0.15, -0.1) is 0 Å². The Balaban J connectivity index is 1.88. The number of nitrogen functional groups attached to an aromatic ring is 1. The predicted molar refractivity (Wildman–Crippen MR) is 87.0 cm³/mol. The van der Waals surface area contributed by atoms with Gasteiger partial charge in [0, 0.05) is 35.1 Å². The van der Waals surface area contributed by atoms with Crippen molar-refractivity contribution in [3.63, 3.8) is 0 Å². The van der Waals surface area contributed by atoms with Crippen LogP contribution in [0.1, 0.15) is 18.4 Å². The minimum Gasteiger partial charge on any atom is -0.368 e. The Morgan fingerprint density at radius 3 is 2.84 bits per heavy atom. The summed E-state index contributed by atoms with van der Waals surface area (Å²) in [5.74, 6) is -1.46. The van der Waals surface area contributed by atoms with Crippen molar-refractivity contribution in [1.82, 2.24) is 24.6 Å². The van der Waals surface area contributed by atoms with Crippen LogP contribution in [0.2, 0.25) is 0 Å². The number of hydrogen-bond donors (Lipinski definition) is 2. The third-order valence-corrected chi connectivity index (χ3v) is 4.27. The van der Waals surface area contributed by atoms with Crippen LogP contribution < -0.4 is 5.73 Å². The minimum atomic E-state index is -4.33. The fraction of sp³-hybridized carbons (Fsp3) is 0.188. The van der Waals surface area contributed by atoms with Crippen molar-refractivity contribution in [2.24, 2.45) is 0 Å². The SMILES string of the molecule is CC(c1cnn2ccc(-c3c[nH]c4nc(N)ncc34)cc12)C(F)(F)F. The van der Waals surface area contributed by atoms with Crippen molar-refractivity contribution in [3.8, 4) is 11.1 Å². The second kappa shape index (κ2) is 5.20. The van der Waals surface area contributed by atoms with Gasteiger partial charge in [0.15, 0.2) is 0 Å². The van der Waals surface area contributed by atoms with Crippen molar-refractivity contribution >= 4 is 22.5 Å². The summed E-state index contributed by atoms with van der Waals surface area (Å²) in [7, 11) is 0. The first-order chi connectivity index (χ1) is 11.8. The van der Waals surface area contributed by atoms with Gasteiger partial charge >= 0.3 is 6.18 Å². The summed E-state index contributed by atoms with van der Waals surface area (Å²) < 4.78 is 40.7. The molecule has 4 aromatic rings. The van der Waals surface area contributed by atoms with E-state index in [1.54, 1.807) is 30.7 Å². The topological polar surface area (TPSA) is 84.9 Å². The zero-order valence-electron chi connectivity index (χ0n) is 13.0. The lowest BCUT2D eigenvalue weighted by molar-refractivity contribution is -0.146. The molecule has 0 aliphatic carbocycles. The standard InChI is InChI=1S/C16H13F3N6/c1-8(16(17,18)19)10-7-23-25-3-2-9(4-13(10)25)11-5-21-14-12(11)6-22-15(20)24-14/h2-8H,1H3,(H3,20,21,22,24). The molecule has 0 spiro atoms. The van der Waals surface area contributed by atoms with Crippen LogP contribution in [0.4, 0.5) is 19.1 Å². The number of alkyl halides is 3. The molecule has 25 heavy (non-hydrogen) atoms. The molecule has 4 aromatic heterocycles. The fourth-order valence-corrected chi connectivity index (χ4v) is 2.84. The molecular weight excluding hydrogens is 333 g/mol. The molecule has 0 bridgehead atoms. The number of rotatable bonds is 2. The highest BCUT2D eigenvalue weighted by atomic mass is 19.4. The van der Waals surface area contributed by atoms with E-state index in [0.29, 0.717) is 11.2 Å². The Labute approximate surface area is 139 Å². The normalized spacial score (nSPS) is 13.6. The van der Waals surface area contributed by atoms with Crippen LogP contribution in [0.15, 0.2) is 36.9 Å². The molecule has 0 aliphatic heterocycles. The maximum atomic E-state index is 13.1. The van der Waals surface area contributed by atoms with Crippen LogP contribution in [-0.4, -0.2) is 30.7 Å². The second-order valence-electron chi connectivity index (χ2n) is 5.80. The third kappa shape index (κ3) is 2.48. The van der Waals surface area contributed by atoms with Crippen molar-refractivity contribution in [1.29, 1.82) is 0 Å². The zero-order chi connectivity index (χ0) is 17.8. The smallest absolute Gasteiger partial charge is 0.368 e. The highest BCUT2D eigenvalue weighted by molar-refractivity contribution is 5.94. The molecule has 0 aliphatic rings. The van der Waals surface area contributed by atoms with E-state index >= 15 is 0 Å². The first-order valence-electron chi connectivity index (χ1n) is 7.48. The molecule has 3 N–H and O–H groups in total. The van der Waals surface area contributed by atoms with E-state index in [1.165, 1.54) is 10.7 Å². The fourth-order valence-electron chi connectivity index (χ4n) is 2.84. The number of nitrogens with two attached hydrogens (primary N) is 1. The van der Waals surface area contributed by atoms with Gasteiger partial charge in [-0.05, 0) is 24.6 Å². The van der Waals surface area contributed by atoms with E-state index in [0.717, 1.165) is 23.4 Å². The van der Waals surface area contributed by atoms with Crippen LogP contribution in [-0.2, 0) is 0 Å². The Bertz CT molecular complexity index is 1080. The van der Waals surface area contributed by atoms with Gasteiger partial charge in [0.05, 0.1) is 17.6 Å². The van der Waals surface area contributed by atoms with E-state index in [9.17, 15) is 13.2 Å². The van der Waals surface area contributed by atoms with E-state index < -0.39 is 12.1 Å². The zero-order valence-corrected chi connectivity index (χ0v) is 13.0. The number of halogens is 3. The summed E-state index contributed by atoms with van der Waals surface area (Å²) in [6.45, 7) is 1.13. The summed E-state index contributed by atoms with van der Waals surface area (Å²) >= 11 is 0. The minimum absolute atomic E-state index is 0.134. The van der Waals surface area contributed by atoms with Crippen LogP contribution in [0.5, 0.6) is 0 Å². The Morgan fingerprint density at radius 1 is 1.28 bits per heavy atom. The number of fused-ring (bicyclic) bond motifs is 2. The molecule has 1 atom stereocenters. The van der Waals surface area contributed by atoms with Crippen molar-refractivity contribution in [2.75, 3.05) is 5.73 Å². The second-order valence-corrected chi connectivity index (χ2v) is 5.80. The van der Waals surface area contributed by atoms with Crippen molar-refractivity contribution < 1.29 is 13.2 Å². The summed E-state index contributed by atoms with van der Waals surface area (Å²) in [5, 5.41) is 4.76. The summed E-state index contributed by atoms with van der Waals surface area (Å²) in [4.78, 5) is 11.1. The number of nitrogens with one attached hydrogen (secondary N) is 1. The van der Waals surface area contributed by atoms with Gasteiger partial charge in [-0.25, -0.2) is 9.50 Å². The number of nitrogens with zero attached hydrogens (tertiary/aromatic N) is 4. The average molecular weight is 346 g/mol. The van der Waals surface area contributed by atoms with Crippen LogP contribution >= 0.6 is 0 Å². The largest absolute Gasteiger partial charge is 0.395 e. The highest BCUT2D eigenvalue weighted by Crippen LogP contribution is 2.37. The first kappa shape index (κ1) is 15.4. The number of pyridine rings is 1. The molecule has 9 heteroatoms. The van der Waals surface area contributed by atoms with Gasteiger partial charge in [-0.1, -0.05) is 0 Å². The summed E-state index contributed by atoms with van der Waals surface area (Å²) in [6, 6.07) is 3.46. The maximum absolute atomic E-state index is 13.1. The number of aromatic amines is 1. The van der Waals surface area contributed by atoms with Crippen molar-refractivity contribution in [2.45, 2.75) is 19.0 Å². The summed E-state index contributed by atoms with van der Waals surface area (Å²) in [6.07, 6.45) is 1.88. The molecule has 0 saturated carbocycles. The quantitative estimate of drug-likeness (QED) is 0.581. The first-order valence-corrected chi connectivity index (χ1v) is 7.48. The van der Waals surface area contributed by atoms with Gasteiger partial charge in [-0.3, -0.25) is 0 Å². The summed E-state index contributed by atoms with van der Waals surface area (Å²) in [5.41, 5.74) is 8.20. The molecule has 4 rings (SSSR count). The predicted octanol–water partition coefficient (Wildman–Crippen LogP) is 3.52.